The van der Waals surface area contributed by atoms with Gasteiger partial charge in [0.15, 0.2) is 0 Å². The highest BCUT2D eigenvalue weighted by atomic mass is 32.1. The van der Waals surface area contributed by atoms with Crippen molar-refractivity contribution in [2.24, 2.45) is 0 Å². The summed E-state index contributed by atoms with van der Waals surface area (Å²) in [6.07, 6.45) is 11.3. The fourth-order valence-corrected chi connectivity index (χ4v) is 3.48. The summed E-state index contributed by atoms with van der Waals surface area (Å²) in [4.78, 5) is 9.84. The number of rotatable bonds is 13. The van der Waals surface area contributed by atoms with E-state index >= 15 is 0 Å². The molecule has 0 radical (unpaired) electrons. The van der Waals surface area contributed by atoms with Crippen LogP contribution < -0.4 is 0 Å². The van der Waals surface area contributed by atoms with Gasteiger partial charge in [0.2, 0.25) is 0 Å². The van der Waals surface area contributed by atoms with Crippen LogP contribution in [0, 0.1) is 0 Å². The molecule has 0 aromatic carbocycles. The molecule has 0 amide bonds. The molecule has 0 aromatic rings. The second kappa shape index (κ2) is 12.5. The summed E-state index contributed by atoms with van der Waals surface area (Å²) in [5.41, 5.74) is 0. The molecule has 18 heavy (non-hydrogen) atoms. The first kappa shape index (κ1) is 18.4. The molecule has 0 aliphatic carbocycles. The van der Waals surface area contributed by atoms with Crippen LogP contribution in [0.5, 0.6) is 0 Å². The van der Waals surface area contributed by atoms with Crippen molar-refractivity contribution in [3.63, 3.8) is 0 Å². The zero-order valence-electron chi connectivity index (χ0n) is 12.0. The highest BCUT2D eigenvalue weighted by Crippen LogP contribution is 2.15. The molecule has 3 nitrogen and oxygen atoms in total. The molecule has 0 rings (SSSR count). The third-order valence-corrected chi connectivity index (χ3v) is 5.87. The van der Waals surface area contributed by atoms with Gasteiger partial charge in [0.25, 0.3) is 0 Å². The first-order chi connectivity index (χ1) is 8.68. The molecule has 0 unspecified atom stereocenters. The van der Waals surface area contributed by atoms with Crippen LogP contribution in [-0.4, -0.2) is 33.6 Å². The fraction of sp³-hybridized carbons (Fsp3) is 1.00. The van der Waals surface area contributed by atoms with Gasteiger partial charge in [0.05, 0.1) is 0 Å². The molecule has 0 fully saturated rings. The van der Waals surface area contributed by atoms with Crippen molar-refractivity contribution in [1.82, 2.24) is 0 Å². The minimum atomic E-state index is -2.79. The van der Waals surface area contributed by atoms with Crippen LogP contribution in [0.4, 0.5) is 0 Å². The molecule has 0 aromatic heterocycles. The largest absolute Gasteiger partial charge is 0.497 e. The van der Waals surface area contributed by atoms with E-state index in [0.29, 0.717) is 6.04 Å². The maximum atomic E-state index is 9.84. The van der Waals surface area contributed by atoms with Gasteiger partial charge < -0.3 is 13.6 Å². The van der Waals surface area contributed by atoms with Gasteiger partial charge in [0, 0.05) is 20.3 Å². The number of unbranched alkanes of at least 4 members (excludes halogenated alkanes) is 8. The summed E-state index contributed by atoms with van der Waals surface area (Å²) in [6.45, 7) is 0. The van der Waals surface area contributed by atoms with Gasteiger partial charge in [-0.3, -0.25) is 0 Å². The lowest BCUT2D eigenvalue weighted by Crippen LogP contribution is -2.39. The van der Waals surface area contributed by atoms with Crippen molar-refractivity contribution in [3.8, 4) is 0 Å². The third kappa shape index (κ3) is 10.4. The molecule has 0 saturated carbocycles. The highest BCUT2D eigenvalue weighted by molar-refractivity contribution is 7.80. The van der Waals surface area contributed by atoms with E-state index in [0.717, 1.165) is 12.2 Å². The Kier molecular flexibility index (Phi) is 12.8. The standard InChI is InChI=1S/C13H30O3SSi/c1-15-18(14,16-2)13-11-9-7-5-3-4-6-8-10-12-17/h14,17H,3-13H2,1-2H3. The van der Waals surface area contributed by atoms with Crippen molar-refractivity contribution in [1.29, 1.82) is 0 Å². The van der Waals surface area contributed by atoms with Gasteiger partial charge in [-0.2, -0.15) is 12.6 Å². The minimum Gasteiger partial charge on any atom is -0.390 e. The lowest BCUT2D eigenvalue weighted by atomic mass is 10.1. The SMILES string of the molecule is CO[Si](O)(CCCCCCCCCCCS)OC. The summed E-state index contributed by atoms with van der Waals surface area (Å²) >= 11 is 4.20. The lowest BCUT2D eigenvalue weighted by Gasteiger charge is -2.19. The minimum absolute atomic E-state index is 0.682. The molecule has 0 saturated heterocycles. The van der Waals surface area contributed by atoms with E-state index in [1.54, 1.807) is 0 Å². The Morgan fingerprint density at radius 3 is 1.56 bits per heavy atom. The predicted octanol–water partition coefficient (Wildman–Crippen LogP) is 3.65. The van der Waals surface area contributed by atoms with Gasteiger partial charge in [0.1, 0.15) is 0 Å². The van der Waals surface area contributed by atoms with E-state index in [2.05, 4.69) is 12.6 Å². The summed E-state index contributed by atoms with van der Waals surface area (Å²) in [7, 11) is 0.262. The van der Waals surface area contributed by atoms with Gasteiger partial charge in [-0.05, 0) is 18.6 Å². The zero-order chi connectivity index (χ0) is 13.7. The lowest BCUT2D eigenvalue weighted by molar-refractivity contribution is 0.150. The molecule has 0 bridgehead atoms. The molecule has 0 aliphatic rings. The summed E-state index contributed by atoms with van der Waals surface area (Å²) < 4.78 is 10.1. The Morgan fingerprint density at radius 2 is 1.17 bits per heavy atom. The van der Waals surface area contributed by atoms with Crippen LogP contribution in [0.2, 0.25) is 6.04 Å². The fourth-order valence-electron chi connectivity index (χ4n) is 1.99. The van der Waals surface area contributed by atoms with Crippen LogP contribution in [0.25, 0.3) is 0 Å². The molecule has 0 heterocycles. The number of hydrogen-bond donors (Lipinski definition) is 2. The highest BCUT2D eigenvalue weighted by Gasteiger charge is 2.32. The average Bonchev–Trinajstić information content (AvgIpc) is 2.40. The van der Waals surface area contributed by atoms with E-state index in [9.17, 15) is 4.80 Å². The van der Waals surface area contributed by atoms with Crippen molar-refractivity contribution >= 4 is 21.4 Å². The van der Waals surface area contributed by atoms with Crippen LogP contribution >= 0.6 is 12.6 Å². The van der Waals surface area contributed by atoms with E-state index < -0.39 is 8.80 Å². The monoisotopic (exact) mass is 294 g/mol. The van der Waals surface area contributed by atoms with E-state index in [1.807, 2.05) is 0 Å². The van der Waals surface area contributed by atoms with Gasteiger partial charge in [-0.1, -0.05) is 44.9 Å². The number of hydrogen-bond acceptors (Lipinski definition) is 4. The number of thiol groups is 1. The molecular formula is C13H30O3SSi. The summed E-state index contributed by atoms with van der Waals surface area (Å²) in [5.74, 6) is 1.02. The first-order valence-corrected chi connectivity index (χ1v) is 9.72. The molecule has 110 valence electrons. The van der Waals surface area contributed by atoms with Crippen molar-refractivity contribution < 1.29 is 13.6 Å². The Bertz CT molecular complexity index is 178. The molecular weight excluding hydrogens is 264 g/mol. The van der Waals surface area contributed by atoms with Crippen molar-refractivity contribution in [2.45, 2.75) is 63.8 Å². The van der Waals surface area contributed by atoms with Gasteiger partial charge in [-0.15, -0.1) is 0 Å². The second-order valence-corrected chi connectivity index (χ2v) is 7.97. The van der Waals surface area contributed by atoms with Crippen molar-refractivity contribution in [3.05, 3.63) is 0 Å². The van der Waals surface area contributed by atoms with Crippen LogP contribution in [-0.2, 0) is 8.85 Å². The third-order valence-electron chi connectivity index (χ3n) is 3.29. The molecule has 1 N–H and O–H groups in total. The Hall–Kier alpha value is 0.447. The van der Waals surface area contributed by atoms with E-state index in [-0.39, 0.29) is 0 Å². The van der Waals surface area contributed by atoms with Crippen LogP contribution in [0.15, 0.2) is 0 Å². The van der Waals surface area contributed by atoms with Crippen molar-refractivity contribution in [2.75, 3.05) is 20.0 Å². The normalized spacial score (nSPS) is 12.0. The molecule has 0 aliphatic heterocycles. The van der Waals surface area contributed by atoms with Crippen LogP contribution in [0.1, 0.15) is 57.8 Å². The Labute approximate surface area is 119 Å². The molecule has 0 spiro atoms. The molecule has 0 atom stereocenters. The smallest absolute Gasteiger partial charge is 0.390 e. The first-order valence-electron chi connectivity index (χ1n) is 7.12. The Morgan fingerprint density at radius 1 is 0.778 bits per heavy atom. The van der Waals surface area contributed by atoms with Gasteiger partial charge >= 0.3 is 8.80 Å². The zero-order valence-corrected chi connectivity index (χ0v) is 13.9. The summed E-state index contributed by atoms with van der Waals surface area (Å²) in [6, 6.07) is 0.682. The van der Waals surface area contributed by atoms with E-state index in [4.69, 9.17) is 8.85 Å². The Balaban J connectivity index is 3.21. The summed E-state index contributed by atoms with van der Waals surface area (Å²) in [5, 5.41) is 0. The average molecular weight is 295 g/mol. The molecule has 5 heteroatoms. The van der Waals surface area contributed by atoms with Gasteiger partial charge in [-0.25, -0.2) is 0 Å². The van der Waals surface area contributed by atoms with E-state index in [1.165, 1.54) is 65.6 Å². The maximum Gasteiger partial charge on any atom is 0.497 e. The topological polar surface area (TPSA) is 38.7 Å². The second-order valence-electron chi connectivity index (χ2n) is 4.78. The van der Waals surface area contributed by atoms with Crippen LogP contribution in [0.3, 0.4) is 0 Å². The maximum absolute atomic E-state index is 9.84. The quantitative estimate of drug-likeness (QED) is 0.309. The predicted molar refractivity (Wildman–Crippen MR) is 82.2 cm³/mol.